The number of benzene rings is 2. The number of hydrogen-bond acceptors (Lipinski definition) is 3. The van der Waals surface area contributed by atoms with Gasteiger partial charge in [-0.25, -0.2) is 0 Å². The second-order valence-corrected chi connectivity index (χ2v) is 6.41. The van der Waals surface area contributed by atoms with E-state index in [0.29, 0.717) is 11.6 Å². The summed E-state index contributed by atoms with van der Waals surface area (Å²) >= 11 is 6.13. The van der Waals surface area contributed by atoms with E-state index in [1.54, 1.807) is 6.07 Å². The Labute approximate surface area is 142 Å². The average molecular weight is 331 g/mol. The maximum absolute atomic E-state index is 9.66. The number of phenolic OH excluding ortho intramolecular Hbond substituents is 1. The number of rotatable bonds is 5. The summed E-state index contributed by atoms with van der Waals surface area (Å²) in [4.78, 5) is 2.49. The van der Waals surface area contributed by atoms with Gasteiger partial charge in [-0.05, 0) is 42.5 Å². The van der Waals surface area contributed by atoms with Crippen molar-refractivity contribution >= 4 is 17.3 Å². The zero-order chi connectivity index (χ0) is 16.1. The first-order valence-electron chi connectivity index (χ1n) is 8.25. The summed E-state index contributed by atoms with van der Waals surface area (Å²) in [5.74, 6) is 0.139. The van der Waals surface area contributed by atoms with E-state index in [9.17, 15) is 5.11 Å². The van der Waals surface area contributed by atoms with Gasteiger partial charge in [0, 0.05) is 31.9 Å². The van der Waals surface area contributed by atoms with Gasteiger partial charge in [0.2, 0.25) is 0 Å². The van der Waals surface area contributed by atoms with Crippen LogP contribution >= 0.6 is 11.6 Å². The van der Waals surface area contributed by atoms with Crippen LogP contribution < -0.4 is 10.2 Å². The second kappa shape index (κ2) is 7.71. The maximum Gasteiger partial charge on any atom is 0.134 e. The highest BCUT2D eigenvalue weighted by Crippen LogP contribution is 2.27. The molecule has 0 atom stereocenters. The molecule has 0 unspecified atom stereocenters. The molecular formula is C19H23ClN2O. The van der Waals surface area contributed by atoms with Crippen LogP contribution in [0.25, 0.3) is 0 Å². The molecule has 2 aromatic rings. The first-order valence-corrected chi connectivity index (χ1v) is 8.63. The lowest BCUT2D eigenvalue weighted by Crippen LogP contribution is -2.30. The molecule has 1 aliphatic rings. The monoisotopic (exact) mass is 330 g/mol. The lowest BCUT2D eigenvalue weighted by molar-refractivity contribution is 0.474. The van der Waals surface area contributed by atoms with Crippen LogP contribution in [-0.2, 0) is 13.1 Å². The first-order chi connectivity index (χ1) is 11.3. The molecule has 0 radical (unpaired) electrons. The molecule has 1 saturated heterocycles. The second-order valence-electron chi connectivity index (χ2n) is 6.03. The molecule has 0 spiro atoms. The molecule has 1 aliphatic heterocycles. The predicted molar refractivity (Wildman–Crippen MR) is 96.2 cm³/mol. The van der Waals surface area contributed by atoms with Gasteiger partial charge >= 0.3 is 0 Å². The van der Waals surface area contributed by atoms with Crippen molar-refractivity contribution in [2.45, 2.75) is 32.4 Å². The summed E-state index contributed by atoms with van der Waals surface area (Å²) in [6.07, 6.45) is 3.90. The minimum atomic E-state index is 0.139. The summed E-state index contributed by atoms with van der Waals surface area (Å²) in [7, 11) is 0. The maximum atomic E-state index is 9.66. The lowest BCUT2D eigenvalue weighted by atomic mass is 10.1. The highest BCUT2D eigenvalue weighted by molar-refractivity contribution is 6.32. The number of nitrogens with zero attached hydrogens (tertiary/aromatic N) is 1. The molecule has 2 aromatic carbocycles. The highest BCUT2D eigenvalue weighted by atomic mass is 35.5. The molecule has 2 N–H and O–H groups in total. The molecule has 4 heteroatoms. The quantitative estimate of drug-likeness (QED) is 0.856. The van der Waals surface area contributed by atoms with Crippen LogP contribution in [0.1, 0.15) is 30.4 Å². The molecule has 3 nitrogen and oxygen atoms in total. The van der Waals surface area contributed by atoms with Crippen LogP contribution in [-0.4, -0.2) is 18.2 Å². The summed E-state index contributed by atoms with van der Waals surface area (Å²) in [6.45, 7) is 3.73. The smallest absolute Gasteiger partial charge is 0.134 e. The van der Waals surface area contributed by atoms with Crippen molar-refractivity contribution in [2.24, 2.45) is 0 Å². The zero-order valence-electron chi connectivity index (χ0n) is 13.3. The Hall–Kier alpha value is -1.71. The van der Waals surface area contributed by atoms with E-state index in [4.69, 9.17) is 11.6 Å². The van der Waals surface area contributed by atoms with E-state index in [1.165, 1.54) is 30.5 Å². The van der Waals surface area contributed by atoms with Gasteiger partial charge in [-0.2, -0.15) is 0 Å². The van der Waals surface area contributed by atoms with Gasteiger partial charge in [0.15, 0.2) is 0 Å². The number of piperidine rings is 1. The van der Waals surface area contributed by atoms with Crippen LogP contribution in [0, 0.1) is 0 Å². The fraction of sp³-hybridized carbons (Fsp3) is 0.368. The van der Waals surface area contributed by atoms with E-state index in [-0.39, 0.29) is 5.75 Å². The summed E-state index contributed by atoms with van der Waals surface area (Å²) in [5, 5.41) is 13.5. The molecule has 0 bridgehead atoms. The summed E-state index contributed by atoms with van der Waals surface area (Å²) in [6, 6.07) is 14.0. The van der Waals surface area contributed by atoms with Crippen molar-refractivity contribution in [3.05, 3.63) is 58.6 Å². The van der Waals surface area contributed by atoms with Crippen molar-refractivity contribution in [1.82, 2.24) is 5.32 Å². The Balaban J connectivity index is 1.65. The van der Waals surface area contributed by atoms with Crippen molar-refractivity contribution in [2.75, 3.05) is 18.0 Å². The van der Waals surface area contributed by atoms with Crippen LogP contribution in [0.4, 0.5) is 5.69 Å². The van der Waals surface area contributed by atoms with Gasteiger partial charge in [-0.3, -0.25) is 0 Å². The molecule has 122 valence electrons. The summed E-state index contributed by atoms with van der Waals surface area (Å²) < 4.78 is 0. The van der Waals surface area contributed by atoms with Crippen LogP contribution in [0.15, 0.2) is 42.5 Å². The molecule has 0 aliphatic carbocycles. The molecular weight excluding hydrogens is 308 g/mol. The van der Waals surface area contributed by atoms with E-state index < -0.39 is 0 Å². The molecule has 23 heavy (non-hydrogen) atoms. The molecule has 3 rings (SSSR count). The number of anilines is 1. The standard InChI is InChI=1S/C19H23ClN2O/c20-19-16(8-6-10-18(19)23)14-21-13-15-7-2-3-9-17(15)22-11-4-1-5-12-22/h2-3,6-10,21,23H,1,4-5,11-14H2. The Morgan fingerprint density at radius 1 is 0.913 bits per heavy atom. The van der Waals surface area contributed by atoms with Crippen molar-refractivity contribution in [1.29, 1.82) is 0 Å². The van der Waals surface area contributed by atoms with Crippen molar-refractivity contribution in [3.63, 3.8) is 0 Å². The fourth-order valence-corrected chi connectivity index (χ4v) is 3.33. The van der Waals surface area contributed by atoms with E-state index in [0.717, 1.165) is 25.2 Å². The van der Waals surface area contributed by atoms with Crippen molar-refractivity contribution < 1.29 is 5.11 Å². The number of nitrogens with one attached hydrogen (secondary N) is 1. The lowest BCUT2D eigenvalue weighted by Gasteiger charge is -2.30. The fourth-order valence-electron chi connectivity index (χ4n) is 3.14. The molecule has 1 fully saturated rings. The van der Waals surface area contributed by atoms with Gasteiger partial charge < -0.3 is 15.3 Å². The largest absolute Gasteiger partial charge is 0.506 e. The van der Waals surface area contributed by atoms with Crippen molar-refractivity contribution in [3.8, 4) is 5.75 Å². The average Bonchev–Trinajstić information content (AvgIpc) is 2.60. The molecule has 0 amide bonds. The van der Waals surface area contributed by atoms with Crippen LogP contribution in [0.3, 0.4) is 0 Å². The Bertz CT molecular complexity index is 654. The Morgan fingerprint density at radius 3 is 2.43 bits per heavy atom. The van der Waals surface area contributed by atoms with E-state index >= 15 is 0 Å². The van der Waals surface area contributed by atoms with Gasteiger partial charge in [-0.1, -0.05) is 41.9 Å². The molecule has 0 saturated carbocycles. The highest BCUT2D eigenvalue weighted by Gasteiger charge is 2.14. The number of hydrogen-bond donors (Lipinski definition) is 2. The number of halogens is 1. The summed E-state index contributed by atoms with van der Waals surface area (Å²) in [5.41, 5.74) is 3.56. The van der Waals surface area contributed by atoms with Gasteiger partial charge in [0.05, 0.1) is 5.02 Å². The van der Waals surface area contributed by atoms with E-state index in [1.807, 2.05) is 12.1 Å². The number of para-hydroxylation sites is 1. The third-order valence-electron chi connectivity index (χ3n) is 4.38. The van der Waals surface area contributed by atoms with Crippen LogP contribution in [0.5, 0.6) is 5.75 Å². The topological polar surface area (TPSA) is 35.5 Å². The number of aromatic hydroxyl groups is 1. The minimum absolute atomic E-state index is 0.139. The first kappa shape index (κ1) is 16.2. The normalized spacial score (nSPS) is 14.9. The predicted octanol–water partition coefficient (Wildman–Crippen LogP) is 4.33. The zero-order valence-corrected chi connectivity index (χ0v) is 14.0. The molecule has 1 heterocycles. The van der Waals surface area contributed by atoms with Gasteiger partial charge in [0.1, 0.15) is 5.75 Å². The third-order valence-corrected chi connectivity index (χ3v) is 4.81. The Kier molecular flexibility index (Phi) is 5.42. The third kappa shape index (κ3) is 3.98. The van der Waals surface area contributed by atoms with Crippen LogP contribution in [0.2, 0.25) is 5.02 Å². The Morgan fingerprint density at radius 2 is 1.61 bits per heavy atom. The van der Waals surface area contributed by atoms with E-state index in [2.05, 4.69) is 34.5 Å². The number of phenols is 1. The van der Waals surface area contributed by atoms with Gasteiger partial charge in [0.25, 0.3) is 0 Å². The van der Waals surface area contributed by atoms with Gasteiger partial charge in [-0.15, -0.1) is 0 Å². The SMILES string of the molecule is Oc1cccc(CNCc2ccccc2N2CCCCC2)c1Cl. The minimum Gasteiger partial charge on any atom is -0.506 e. The molecule has 0 aromatic heterocycles.